The maximum Gasteiger partial charge on any atom is 0.229 e. The lowest BCUT2D eigenvalue weighted by molar-refractivity contribution is -0.120. The first-order valence-corrected chi connectivity index (χ1v) is 10.7. The Bertz CT molecular complexity index is 1020. The Balaban J connectivity index is 1.46. The first-order valence-electron chi connectivity index (χ1n) is 9.53. The Hall–Kier alpha value is -2.78. The maximum atomic E-state index is 13.0. The molecule has 0 unspecified atom stereocenters. The van der Waals surface area contributed by atoms with Crippen LogP contribution in [0.3, 0.4) is 0 Å². The molecule has 0 bridgehead atoms. The zero-order chi connectivity index (χ0) is 21.1. The Labute approximate surface area is 183 Å². The molecule has 30 heavy (non-hydrogen) atoms. The Kier molecular flexibility index (Phi) is 6.10. The predicted octanol–water partition coefficient (Wildman–Crippen LogP) is 3.85. The summed E-state index contributed by atoms with van der Waals surface area (Å²) >= 11 is 7.73. The van der Waals surface area contributed by atoms with Gasteiger partial charge in [-0.2, -0.15) is 0 Å². The van der Waals surface area contributed by atoms with Crippen LogP contribution in [0.5, 0.6) is 11.5 Å². The molecule has 1 aliphatic heterocycles. The first-order chi connectivity index (χ1) is 14.6. The molecule has 0 spiro atoms. The van der Waals surface area contributed by atoms with Crippen LogP contribution in [0, 0.1) is 5.92 Å². The van der Waals surface area contributed by atoms with E-state index in [2.05, 4.69) is 20.4 Å². The third-order valence-electron chi connectivity index (χ3n) is 5.02. The van der Waals surface area contributed by atoms with Gasteiger partial charge in [-0.25, -0.2) is 0 Å². The van der Waals surface area contributed by atoms with Crippen LogP contribution in [0.25, 0.3) is 5.13 Å². The highest BCUT2D eigenvalue weighted by molar-refractivity contribution is 7.17. The average molecular weight is 448 g/mol. The van der Waals surface area contributed by atoms with Gasteiger partial charge < -0.3 is 19.7 Å². The summed E-state index contributed by atoms with van der Waals surface area (Å²) in [5.74, 6) is 0.737. The first kappa shape index (κ1) is 20.5. The van der Waals surface area contributed by atoms with Gasteiger partial charge in [0.15, 0.2) is 0 Å². The number of benzene rings is 1. The summed E-state index contributed by atoms with van der Waals surface area (Å²) < 4.78 is 12.5. The van der Waals surface area contributed by atoms with Crippen molar-refractivity contribution in [2.75, 3.05) is 37.5 Å². The van der Waals surface area contributed by atoms with E-state index in [0.29, 0.717) is 28.8 Å². The zero-order valence-electron chi connectivity index (χ0n) is 16.7. The number of aromatic nitrogens is 3. The monoisotopic (exact) mass is 447 g/mol. The molecule has 158 valence electrons. The van der Waals surface area contributed by atoms with Gasteiger partial charge in [-0.15, -0.1) is 10.2 Å². The number of hydrogen-bond donors (Lipinski definition) is 1. The van der Waals surface area contributed by atoms with Gasteiger partial charge in [-0.1, -0.05) is 22.9 Å². The molecule has 8 nitrogen and oxygen atoms in total. The number of anilines is 2. The molecule has 0 radical (unpaired) electrons. The van der Waals surface area contributed by atoms with Crippen LogP contribution < -0.4 is 19.7 Å². The van der Waals surface area contributed by atoms with Crippen LogP contribution in [-0.4, -0.2) is 48.0 Å². The van der Waals surface area contributed by atoms with Crippen LogP contribution in [0.4, 0.5) is 10.8 Å². The molecule has 2 aromatic heterocycles. The highest BCUT2D eigenvalue weighted by Gasteiger charge is 2.28. The van der Waals surface area contributed by atoms with Crippen molar-refractivity contribution in [1.29, 1.82) is 0 Å². The highest BCUT2D eigenvalue weighted by Crippen LogP contribution is 2.36. The second-order valence-electron chi connectivity index (χ2n) is 6.92. The molecule has 0 saturated carbocycles. The van der Waals surface area contributed by atoms with E-state index in [4.69, 9.17) is 21.1 Å². The summed E-state index contributed by atoms with van der Waals surface area (Å²) in [5.41, 5.74) is 0.524. The zero-order valence-corrected chi connectivity index (χ0v) is 18.2. The summed E-state index contributed by atoms with van der Waals surface area (Å²) in [6.07, 6.45) is 5.57. The fourth-order valence-electron chi connectivity index (χ4n) is 3.46. The van der Waals surface area contributed by atoms with Gasteiger partial charge in [-0.3, -0.25) is 9.36 Å². The molecule has 0 aliphatic carbocycles. The molecular weight excluding hydrogens is 426 g/mol. The van der Waals surface area contributed by atoms with E-state index in [1.807, 2.05) is 29.1 Å². The number of rotatable bonds is 6. The minimum Gasteiger partial charge on any atom is -0.495 e. The van der Waals surface area contributed by atoms with Crippen molar-refractivity contribution in [3.05, 3.63) is 41.7 Å². The molecule has 3 aromatic rings. The SMILES string of the molecule is COc1cc(OC)c(NC(=O)[C@@H]2CCCN(c3nnc(-n4cccc4)s3)C2)cc1Cl. The number of halogens is 1. The Morgan fingerprint density at radius 3 is 2.63 bits per heavy atom. The molecule has 1 saturated heterocycles. The van der Waals surface area contributed by atoms with Gasteiger partial charge in [0.2, 0.25) is 16.2 Å². The molecular formula is C20H22ClN5O3S. The van der Waals surface area contributed by atoms with E-state index in [9.17, 15) is 4.79 Å². The maximum absolute atomic E-state index is 13.0. The van der Waals surface area contributed by atoms with E-state index in [0.717, 1.165) is 29.6 Å². The number of carbonyl (C=O) groups excluding carboxylic acids is 1. The smallest absolute Gasteiger partial charge is 0.229 e. The molecule has 3 heterocycles. The standard InChI is InChI=1S/C20H22ClN5O3S/c1-28-16-11-17(29-2)15(10-14(16)21)22-18(27)13-6-5-9-26(12-13)20-24-23-19(30-20)25-7-3-4-8-25/h3-4,7-8,10-11,13H,5-6,9,12H2,1-2H3,(H,22,27)/t13-/m1/s1. The lowest BCUT2D eigenvalue weighted by Crippen LogP contribution is -2.40. The normalized spacial score (nSPS) is 16.4. The molecule has 1 amide bonds. The Morgan fingerprint density at radius 2 is 1.90 bits per heavy atom. The van der Waals surface area contributed by atoms with Gasteiger partial charge in [0.05, 0.1) is 30.8 Å². The van der Waals surface area contributed by atoms with Gasteiger partial charge in [-0.05, 0) is 31.0 Å². The quantitative estimate of drug-likeness (QED) is 0.618. The van der Waals surface area contributed by atoms with Crippen molar-refractivity contribution >= 4 is 39.7 Å². The second-order valence-corrected chi connectivity index (χ2v) is 8.26. The summed E-state index contributed by atoms with van der Waals surface area (Å²) in [6.45, 7) is 1.43. The van der Waals surface area contributed by atoms with Crippen molar-refractivity contribution in [2.45, 2.75) is 12.8 Å². The van der Waals surface area contributed by atoms with Crippen LogP contribution in [0.2, 0.25) is 5.02 Å². The van der Waals surface area contributed by atoms with Gasteiger partial charge >= 0.3 is 0 Å². The van der Waals surface area contributed by atoms with E-state index < -0.39 is 0 Å². The van der Waals surface area contributed by atoms with Crippen molar-refractivity contribution in [2.24, 2.45) is 5.92 Å². The van der Waals surface area contributed by atoms with Gasteiger partial charge in [0, 0.05) is 31.5 Å². The van der Waals surface area contributed by atoms with Crippen LogP contribution in [-0.2, 0) is 4.79 Å². The number of ether oxygens (including phenoxy) is 2. The molecule has 1 N–H and O–H groups in total. The minimum absolute atomic E-state index is 0.0746. The average Bonchev–Trinajstić information content (AvgIpc) is 3.46. The van der Waals surface area contributed by atoms with E-state index in [1.165, 1.54) is 18.4 Å². The number of carbonyl (C=O) groups is 1. The summed E-state index contributed by atoms with van der Waals surface area (Å²) in [7, 11) is 3.07. The van der Waals surface area contributed by atoms with Crippen molar-refractivity contribution in [3.63, 3.8) is 0 Å². The fraction of sp³-hybridized carbons (Fsp3) is 0.350. The predicted molar refractivity (Wildman–Crippen MR) is 117 cm³/mol. The van der Waals surface area contributed by atoms with Crippen molar-refractivity contribution in [3.8, 4) is 16.6 Å². The molecule has 1 fully saturated rings. The topological polar surface area (TPSA) is 81.5 Å². The van der Waals surface area contributed by atoms with E-state index >= 15 is 0 Å². The molecule has 4 rings (SSSR count). The molecule has 10 heteroatoms. The number of hydrogen-bond acceptors (Lipinski definition) is 7. The van der Waals surface area contributed by atoms with E-state index in [1.54, 1.807) is 19.2 Å². The number of amides is 1. The third kappa shape index (κ3) is 4.22. The molecule has 1 aromatic carbocycles. The minimum atomic E-state index is -0.178. The lowest BCUT2D eigenvalue weighted by atomic mass is 9.97. The van der Waals surface area contributed by atoms with Crippen LogP contribution in [0.1, 0.15) is 12.8 Å². The summed E-state index contributed by atoms with van der Waals surface area (Å²) in [6, 6.07) is 7.20. The number of nitrogens with one attached hydrogen (secondary N) is 1. The number of piperidine rings is 1. The largest absolute Gasteiger partial charge is 0.495 e. The van der Waals surface area contributed by atoms with Crippen molar-refractivity contribution in [1.82, 2.24) is 14.8 Å². The Morgan fingerprint density at radius 1 is 1.17 bits per heavy atom. The molecule has 1 atom stereocenters. The highest BCUT2D eigenvalue weighted by atomic mass is 35.5. The van der Waals surface area contributed by atoms with Gasteiger partial charge in [0.25, 0.3) is 0 Å². The van der Waals surface area contributed by atoms with Crippen molar-refractivity contribution < 1.29 is 14.3 Å². The summed E-state index contributed by atoms with van der Waals surface area (Å²) in [4.78, 5) is 15.1. The van der Waals surface area contributed by atoms with Crippen LogP contribution in [0.15, 0.2) is 36.7 Å². The van der Waals surface area contributed by atoms with Crippen LogP contribution >= 0.6 is 22.9 Å². The third-order valence-corrected chi connectivity index (χ3v) is 6.32. The number of methoxy groups -OCH3 is 2. The second kappa shape index (κ2) is 8.93. The van der Waals surface area contributed by atoms with Gasteiger partial charge in [0.1, 0.15) is 11.5 Å². The van der Waals surface area contributed by atoms with E-state index in [-0.39, 0.29) is 11.8 Å². The number of nitrogens with zero attached hydrogens (tertiary/aromatic N) is 4. The fourth-order valence-corrected chi connectivity index (χ4v) is 4.55. The lowest BCUT2D eigenvalue weighted by Gasteiger charge is -2.31. The summed E-state index contributed by atoms with van der Waals surface area (Å²) in [5, 5.41) is 13.6. The molecule has 1 aliphatic rings.